The summed E-state index contributed by atoms with van der Waals surface area (Å²) in [6, 6.07) is 13.7. The molecule has 6 heteroatoms. The van der Waals surface area contributed by atoms with Gasteiger partial charge in [-0.25, -0.2) is 0 Å². The Morgan fingerprint density at radius 1 is 1.00 bits per heavy atom. The number of fused-ring (bicyclic) bond motifs is 4. The van der Waals surface area contributed by atoms with Crippen LogP contribution >= 0.6 is 0 Å². The topological polar surface area (TPSA) is 60.9 Å². The van der Waals surface area contributed by atoms with Gasteiger partial charge in [-0.1, -0.05) is 36.2 Å². The molecule has 3 amide bonds. The van der Waals surface area contributed by atoms with E-state index >= 15 is 0 Å². The van der Waals surface area contributed by atoms with Crippen LogP contribution in [0.5, 0.6) is 0 Å². The molecule has 0 bridgehead atoms. The Kier molecular flexibility index (Phi) is 5.79. The quantitative estimate of drug-likeness (QED) is 0.498. The lowest BCUT2D eigenvalue weighted by Gasteiger charge is -2.36. The summed E-state index contributed by atoms with van der Waals surface area (Å²) in [5.41, 5.74) is 4.62. The third-order valence-electron chi connectivity index (χ3n) is 7.37. The molecular formula is C27H31N3O3. The summed E-state index contributed by atoms with van der Waals surface area (Å²) in [5.74, 6) is 0.169. The molecule has 5 rings (SSSR count). The van der Waals surface area contributed by atoms with E-state index < -0.39 is 0 Å². The summed E-state index contributed by atoms with van der Waals surface area (Å²) >= 11 is 0. The molecule has 0 spiro atoms. The molecule has 2 aromatic rings. The number of unbranched alkanes of at least 4 members (excludes halogenated alkanes) is 2. The number of anilines is 1. The number of carbonyl (C=O) groups excluding carboxylic acids is 3. The minimum Gasteiger partial charge on any atom is -0.308 e. The van der Waals surface area contributed by atoms with Gasteiger partial charge in [-0.3, -0.25) is 19.3 Å². The zero-order valence-electron chi connectivity index (χ0n) is 19.4. The molecule has 0 N–H and O–H groups in total. The van der Waals surface area contributed by atoms with Gasteiger partial charge >= 0.3 is 0 Å². The van der Waals surface area contributed by atoms with Crippen LogP contribution in [0.25, 0.3) is 0 Å². The van der Waals surface area contributed by atoms with E-state index in [1.54, 1.807) is 24.3 Å². The van der Waals surface area contributed by atoms with Crippen LogP contribution in [0.2, 0.25) is 0 Å². The van der Waals surface area contributed by atoms with Crippen molar-refractivity contribution in [2.24, 2.45) is 0 Å². The molecule has 6 nitrogen and oxygen atoms in total. The van der Waals surface area contributed by atoms with Crippen molar-refractivity contribution in [3.63, 3.8) is 0 Å². The van der Waals surface area contributed by atoms with Gasteiger partial charge in [-0.05, 0) is 63.5 Å². The third kappa shape index (κ3) is 3.86. The number of imide groups is 1. The molecule has 3 aliphatic heterocycles. The predicted octanol–water partition coefficient (Wildman–Crippen LogP) is 3.99. The minimum atomic E-state index is -0.205. The molecule has 0 unspecified atom stereocenters. The van der Waals surface area contributed by atoms with E-state index in [0.717, 1.165) is 38.0 Å². The summed E-state index contributed by atoms with van der Waals surface area (Å²) in [4.78, 5) is 44.0. The second-order valence-electron chi connectivity index (χ2n) is 9.67. The number of rotatable bonds is 6. The van der Waals surface area contributed by atoms with Crippen LogP contribution in [0.4, 0.5) is 5.69 Å². The first-order valence-corrected chi connectivity index (χ1v) is 12.0. The van der Waals surface area contributed by atoms with Gasteiger partial charge in [-0.2, -0.15) is 0 Å². The molecule has 33 heavy (non-hydrogen) atoms. The number of likely N-dealkylation sites (tertiary alicyclic amines) is 1. The molecule has 3 heterocycles. The SMILES string of the molecule is Cc1ccc2c(c1)[C@H]1CN(C)CC[C@H]1N2C(=O)CCCCCN1C(=O)c2ccccc2C1=O. The summed E-state index contributed by atoms with van der Waals surface area (Å²) < 4.78 is 0. The Hall–Kier alpha value is -2.99. The van der Waals surface area contributed by atoms with E-state index in [1.807, 2.05) is 0 Å². The number of piperidine rings is 1. The van der Waals surface area contributed by atoms with Crippen molar-refractivity contribution >= 4 is 23.4 Å². The number of likely N-dealkylation sites (N-methyl/N-ethyl adjacent to an activating group) is 1. The Morgan fingerprint density at radius 3 is 2.45 bits per heavy atom. The molecule has 0 saturated carbocycles. The van der Waals surface area contributed by atoms with Crippen molar-refractivity contribution in [2.45, 2.75) is 51.0 Å². The van der Waals surface area contributed by atoms with Gasteiger partial charge in [0.25, 0.3) is 11.8 Å². The number of nitrogens with zero attached hydrogens (tertiary/aromatic N) is 3. The van der Waals surface area contributed by atoms with Crippen LogP contribution in [0, 0.1) is 6.92 Å². The standard InChI is InChI=1S/C27H31N3O3/c1-18-11-12-23-21(16-18)22-17-28(2)15-13-24(22)30(23)25(31)10-4-3-7-14-29-26(32)19-8-5-6-9-20(19)27(29)33/h5-6,8-9,11-12,16,22,24H,3-4,7,10,13-15,17H2,1-2H3/t22-,24-/m1/s1. The Morgan fingerprint density at radius 2 is 1.73 bits per heavy atom. The number of aryl methyl sites for hydroxylation is 1. The first-order valence-electron chi connectivity index (χ1n) is 12.0. The van der Waals surface area contributed by atoms with Gasteiger partial charge in [0.1, 0.15) is 0 Å². The fourth-order valence-corrected chi connectivity index (χ4v) is 5.69. The van der Waals surface area contributed by atoms with Crippen molar-refractivity contribution in [1.82, 2.24) is 9.80 Å². The van der Waals surface area contributed by atoms with E-state index in [2.05, 4.69) is 42.0 Å². The van der Waals surface area contributed by atoms with Crippen LogP contribution in [0.1, 0.15) is 69.9 Å². The van der Waals surface area contributed by atoms with E-state index in [9.17, 15) is 14.4 Å². The summed E-state index contributed by atoms with van der Waals surface area (Å²) in [5, 5.41) is 0. The Labute approximate surface area is 195 Å². The van der Waals surface area contributed by atoms with E-state index in [1.165, 1.54) is 16.0 Å². The zero-order valence-corrected chi connectivity index (χ0v) is 19.4. The number of benzene rings is 2. The van der Waals surface area contributed by atoms with E-state index in [4.69, 9.17) is 0 Å². The highest BCUT2D eigenvalue weighted by molar-refractivity contribution is 6.21. The predicted molar refractivity (Wildman–Crippen MR) is 128 cm³/mol. The maximum atomic E-state index is 13.3. The van der Waals surface area contributed by atoms with Gasteiger partial charge in [-0.15, -0.1) is 0 Å². The number of amides is 3. The van der Waals surface area contributed by atoms with Gasteiger partial charge in [0.15, 0.2) is 0 Å². The summed E-state index contributed by atoms with van der Waals surface area (Å²) in [6.45, 7) is 4.52. The smallest absolute Gasteiger partial charge is 0.261 e. The highest BCUT2D eigenvalue weighted by atomic mass is 16.2. The minimum absolute atomic E-state index is 0.192. The van der Waals surface area contributed by atoms with Crippen molar-refractivity contribution in [3.05, 3.63) is 64.7 Å². The fourth-order valence-electron chi connectivity index (χ4n) is 5.69. The molecule has 3 aliphatic rings. The van der Waals surface area contributed by atoms with Gasteiger partial charge in [0.2, 0.25) is 5.91 Å². The lowest BCUT2D eigenvalue weighted by molar-refractivity contribution is -0.119. The molecular weight excluding hydrogens is 414 g/mol. The average Bonchev–Trinajstić information content (AvgIpc) is 3.25. The molecule has 0 aliphatic carbocycles. The number of hydrogen-bond donors (Lipinski definition) is 0. The molecule has 2 aromatic carbocycles. The van der Waals surface area contributed by atoms with Crippen molar-refractivity contribution in [2.75, 3.05) is 31.6 Å². The lowest BCUT2D eigenvalue weighted by atomic mass is 9.89. The highest BCUT2D eigenvalue weighted by Crippen LogP contribution is 2.45. The van der Waals surface area contributed by atoms with Crippen LogP contribution in [0.15, 0.2) is 42.5 Å². The Bertz CT molecular complexity index is 1080. The molecule has 0 radical (unpaired) electrons. The monoisotopic (exact) mass is 445 g/mol. The molecule has 2 atom stereocenters. The van der Waals surface area contributed by atoms with Crippen LogP contribution in [0.3, 0.4) is 0 Å². The fraction of sp³-hybridized carbons (Fsp3) is 0.444. The van der Waals surface area contributed by atoms with E-state index in [-0.39, 0.29) is 23.8 Å². The number of carbonyl (C=O) groups is 3. The van der Waals surface area contributed by atoms with Gasteiger partial charge in [0, 0.05) is 37.2 Å². The van der Waals surface area contributed by atoms with Crippen LogP contribution < -0.4 is 4.90 Å². The van der Waals surface area contributed by atoms with Crippen molar-refractivity contribution < 1.29 is 14.4 Å². The molecule has 1 fully saturated rings. The van der Waals surface area contributed by atoms with E-state index in [0.29, 0.717) is 36.4 Å². The lowest BCUT2D eigenvalue weighted by Crippen LogP contribution is -2.47. The Balaban J connectivity index is 1.17. The second kappa shape index (κ2) is 8.75. The van der Waals surface area contributed by atoms with Gasteiger partial charge < -0.3 is 9.80 Å². The maximum Gasteiger partial charge on any atom is 0.261 e. The summed E-state index contributed by atoms with van der Waals surface area (Å²) in [6.07, 6.45) is 3.78. The zero-order chi connectivity index (χ0) is 23.1. The van der Waals surface area contributed by atoms with Gasteiger partial charge in [0.05, 0.1) is 11.1 Å². The molecule has 0 aromatic heterocycles. The molecule has 172 valence electrons. The van der Waals surface area contributed by atoms with Crippen molar-refractivity contribution in [1.29, 1.82) is 0 Å². The average molecular weight is 446 g/mol. The second-order valence-corrected chi connectivity index (χ2v) is 9.67. The first kappa shape index (κ1) is 21.8. The van der Waals surface area contributed by atoms with Crippen LogP contribution in [-0.2, 0) is 4.79 Å². The third-order valence-corrected chi connectivity index (χ3v) is 7.37. The highest BCUT2D eigenvalue weighted by Gasteiger charge is 2.43. The number of hydrogen-bond acceptors (Lipinski definition) is 4. The van der Waals surface area contributed by atoms with Crippen molar-refractivity contribution in [3.8, 4) is 0 Å². The summed E-state index contributed by atoms with van der Waals surface area (Å²) in [7, 11) is 2.16. The molecule has 1 saturated heterocycles. The van der Waals surface area contributed by atoms with Crippen LogP contribution in [-0.4, -0.2) is 60.2 Å². The maximum absolute atomic E-state index is 13.3. The first-order chi connectivity index (χ1) is 16.0. The normalized spacial score (nSPS) is 21.9. The largest absolute Gasteiger partial charge is 0.308 e.